The molecule has 116 valence electrons. The first-order valence-corrected chi connectivity index (χ1v) is 8.38. The number of carbonyl (C=O) groups excluding carboxylic acids is 1. The Labute approximate surface area is 138 Å². The number of hydrogen-bond acceptors (Lipinski definition) is 4. The van der Waals surface area contributed by atoms with Crippen molar-refractivity contribution in [2.24, 2.45) is 0 Å². The maximum Gasteiger partial charge on any atom is 0.407 e. The van der Waals surface area contributed by atoms with Gasteiger partial charge in [-0.2, -0.15) is 0 Å². The second-order valence-corrected chi connectivity index (χ2v) is 6.21. The molecule has 5 nitrogen and oxygen atoms in total. The lowest BCUT2D eigenvalue weighted by Gasteiger charge is -2.23. The standard InChI is InChI=1S/C15H20INO4/c1-15(2)20-10-13(21-15)12(8-16)17-14(18)19-9-11-6-4-3-5-7-11/h3-7,12-13H,8-10H2,1-2H3,(H,17,18)/t12-,13+/m1/s1. The molecule has 0 radical (unpaired) electrons. The first-order chi connectivity index (χ1) is 10.00. The average molecular weight is 405 g/mol. The van der Waals surface area contributed by atoms with Gasteiger partial charge in [0.25, 0.3) is 0 Å². The number of amides is 1. The molecule has 1 aliphatic heterocycles. The highest BCUT2D eigenvalue weighted by atomic mass is 127. The Hall–Kier alpha value is -0.860. The minimum absolute atomic E-state index is 0.129. The SMILES string of the molecule is CC1(C)OC[C@@H]([C@@H](CI)NC(=O)OCc2ccccc2)O1. The van der Waals surface area contributed by atoms with E-state index in [1.807, 2.05) is 44.2 Å². The Balaban J connectivity index is 1.80. The van der Waals surface area contributed by atoms with Gasteiger partial charge in [0, 0.05) is 4.43 Å². The summed E-state index contributed by atoms with van der Waals surface area (Å²) in [5.41, 5.74) is 0.959. The van der Waals surface area contributed by atoms with Gasteiger partial charge >= 0.3 is 6.09 Å². The first-order valence-electron chi connectivity index (χ1n) is 6.85. The third kappa shape index (κ3) is 5.12. The molecule has 1 N–H and O–H groups in total. The summed E-state index contributed by atoms with van der Waals surface area (Å²) in [5, 5.41) is 2.84. The molecule has 1 saturated heterocycles. The molecule has 1 fully saturated rings. The molecule has 0 saturated carbocycles. The predicted molar refractivity (Wildman–Crippen MR) is 87.3 cm³/mol. The number of alkyl halides is 1. The Bertz CT molecular complexity index is 466. The fourth-order valence-corrected chi connectivity index (χ4v) is 2.85. The van der Waals surface area contributed by atoms with E-state index in [0.29, 0.717) is 6.61 Å². The van der Waals surface area contributed by atoms with Crippen molar-refractivity contribution in [2.75, 3.05) is 11.0 Å². The van der Waals surface area contributed by atoms with E-state index >= 15 is 0 Å². The van der Waals surface area contributed by atoms with E-state index in [2.05, 4.69) is 27.9 Å². The lowest BCUT2D eigenvalue weighted by molar-refractivity contribution is -0.140. The van der Waals surface area contributed by atoms with Gasteiger partial charge in [0.1, 0.15) is 12.7 Å². The molecule has 2 atom stereocenters. The molecule has 1 aliphatic rings. The number of benzene rings is 1. The van der Waals surface area contributed by atoms with E-state index in [9.17, 15) is 4.79 Å². The summed E-state index contributed by atoms with van der Waals surface area (Å²) >= 11 is 2.22. The summed E-state index contributed by atoms with van der Waals surface area (Å²) in [6, 6.07) is 9.45. The Morgan fingerprint density at radius 1 is 1.48 bits per heavy atom. The highest BCUT2D eigenvalue weighted by molar-refractivity contribution is 14.1. The third-order valence-corrected chi connectivity index (χ3v) is 4.11. The summed E-state index contributed by atoms with van der Waals surface area (Å²) in [6.07, 6.45) is -0.588. The van der Waals surface area contributed by atoms with Gasteiger partial charge in [0.15, 0.2) is 5.79 Å². The van der Waals surface area contributed by atoms with Crippen molar-refractivity contribution >= 4 is 28.7 Å². The molecule has 21 heavy (non-hydrogen) atoms. The van der Waals surface area contributed by atoms with Crippen LogP contribution in [0.25, 0.3) is 0 Å². The van der Waals surface area contributed by atoms with Gasteiger partial charge in [-0.05, 0) is 19.4 Å². The summed E-state index contributed by atoms with van der Waals surface area (Å²) in [5.74, 6) is -0.593. The van der Waals surface area contributed by atoms with Crippen LogP contribution in [0.1, 0.15) is 19.4 Å². The van der Waals surface area contributed by atoms with E-state index < -0.39 is 11.9 Å². The highest BCUT2D eigenvalue weighted by Gasteiger charge is 2.37. The van der Waals surface area contributed by atoms with Crippen molar-refractivity contribution in [1.29, 1.82) is 0 Å². The van der Waals surface area contributed by atoms with E-state index in [-0.39, 0.29) is 18.8 Å². The molecule has 1 heterocycles. The number of ether oxygens (including phenoxy) is 3. The zero-order valence-corrected chi connectivity index (χ0v) is 14.3. The minimum Gasteiger partial charge on any atom is -0.445 e. The molecule has 0 bridgehead atoms. The molecular weight excluding hydrogens is 385 g/mol. The van der Waals surface area contributed by atoms with E-state index in [1.165, 1.54) is 0 Å². The van der Waals surface area contributed by atoms with Crippen LogP contribution in [0, 0.1) is 0 Å². The minimum atomic E-state index is -0.593. The van der Waals surface area contributed by atoms with Crippen LogP contribution in [-0.4, -0.2) is 35.1 Å². The summed E-state index contributed by atoms with van der Waals surface area (Å²) < 4.78 is 17.2. The van der Waals surface area contributed by atoms with Gasteiger partial charge in [-0.3, -0.25) is 0 Å². The number of carbonyl (C=O) groups is 1. The topological polar surface area (TPSA) is 56.8 Å². The fraction of sp³-hybridized carbons (Fsp3) is 0.533. The maximum absolute atomic E-state index is 11.9. The van der Waals surface area contributed by atoms with Crippen LogP contribution < -0.4 is 5.32 Å². The van der Waals surface area contributed by atoms with Gasteiger partial charge in [0.2, 0.25) is 0 Å². The quantitative estimate of drug-likeness (QED) is 0.605. The first kappa shape index (κ1) is 16.5. The molecule has 0 unspecified atom stereocenters. The monoisotopic (exact) mass is 405 g/mol. The van der Waals surface area contributed by atoms with Gasteiger partial charge in [-0.25, -0.2) is 4.79 Å². The number of halogens is 1. The van der Waals surface area contributed by atoms with Crippen LogP contribution in [0.15, 0.2) is 30.3 Å². The van der Waals surface area contributed by atoms with Crippen molar-refractivity contribution in [1.82, 2.24) is 5.32 Å². The number of nitrogens with one attached hydrogen (secondary N) is 1. The predicted octanol–water partition coefficient (Wildman–Crippen LogP) is 2.87. The number of alkyl carbamates (subject to hydrolysis) is 1. The van der Waals surface area contributed by atoms with Crippen LogP contribution >= 0.6 is 22.6 Å². The molecule has 0 spiro atoms. The number of rotatable bonds is 5. The van der Waals surface area contributed by atoms with Gasteiger partial charge in [-0.15, -0.1) is 0 Å². The molecule has 0 aliphatic carbocycles. The normalized spacial score (nSPS) is 21.8. The van der Waals surface area contributed by atoms with Gasteiger partial charge in [0.05, 0.1) is 12.6 Å². The molecule has 6 heteroatoms. The molecular formula is C15H20INO4. The molecule has 0 aromatic heterocycles. The van der Waals surface area contributed by atoms with Gasteiger partial charge in [-0.1, -0.05) is 52.9 Å². The van der Waals surface area contributed by atoms with Crippen molar-refractivity contribution in [3.63, 3.8) is 0 Å². The summed E-state index contributed by atoms with van der Waals surface area (Å²) in [7, 11) is 0. The van der Waals surface area contributed by atoms with E-state index in [0.717, 1.165) is 9.99 Å². The van der Waals surface area contributed by atoms with E-state index in [1.54, 1.807) is 0 Å². The van der Waals surface area contributed by atoms with Crippen LogP contribution in [0.3, 0.4) is 0 Å². The largest absolute Gasteiger partial charge is 0.445 e. The lowest BCUT2D eigenvalue weighted by Crippen LogP contribution is -2.46. The fourth-order valence-electron chi connectivity index (χ4n) is 2.06. The third-order valence-electron chi connectivity index (χ3n) is 3.16. The zero-order chi connectivity index (χ0) is 15.3. The van der Waals surface area contributed by atoms with Gasteiger partial charge < -0.3 is 19.5 Å². The molecule has 1 amide bonds. The lowest BCUT2D eigenvalue weighted by atomic mass is 10.2. The van der Waals surface area contributed by atoms with Crippen LogP contribution in [0.2, 0.25) is 0 Å². The maximum atomic E-state index is 11.9. The number of hydrogen-bond donors (Lipinski definition) is 1. The highest BCUT2D eigenvalue weighted by Crippen LogP contribution is 2.24. The zero-order valence-electron chi connectivity index (χ0n) is 12.2. The average Bonchev–Trinajstić information content (AvgIpc) is 2.83. The smallest absolute Gasteiger partial charge is 0.407 e. The molecule has 1 aromatic carbocycles. The second-order valence-electron chi connectivity index (χ2n) is 5.33. The van der Waals surface area contributed by atoms with Crippen molar-refractivity contribution in [3.05, 3.63) is 35.9 Å². The van der Waals surface area contributed by atoms with Crippen LogP contribution in [0.5, 0.6) is 0 Å². The van der Waals surface area contributed by atoms with Crippen molar-refractivity contribution < 1.29 is 19.0 Å². The van der Waals surface area contributed by atoms with Crippen molar-refractivity contribution in [2.45, 2.75) is 38.4 Å². The van der Waals surface area contributed by atoms with Crippen LogP contribution in [-0.2, 0) is 20.8 Å². The second kappa shape index (κ2) is 7.42. The Kier molecular flexibility index (Phi) is 5.83. The Morgan fingerprint density at radius 3 is 2.76 bits per heavy atom. The summed E-state index contributed by atoms with van der Waals surface area (Å²) in [6.45, 7) is 4.46. The molecule has 2 rings (SSSR count). The Morgan fingerprint density at radius 2 is 2.19 bits per heavy atom. The van der Waals surface area contributed by atoms with Crippen molar-refractivity contribution in [3.8, 4) is 0 Å². The molecule has 1 aromatic rings. The summed E-state index contributed by atoms with van der Waals surface area (Å²) in [4.78, 5) is 11.9. The van der Waals surface area contributed by atoms with E-state index in [4.69, 9.17) is 14.2 Å². The van der Waals surface area contributed by atoms with Crippen LogP contribution in [0.4, 0.5) is 4.79 Å².